The summed E-state index contributed by atoms with van der Waals surface area (Å²) in [5, 5.41) is 13.8. The zero-order chi connectivity index (χ0) is 14.9. The summed E-state index contributed by atoms with van der Waals surface area (Å²) in [7, 11) is 0. The topological polar surface area (TPSA) is 95.8 Å². The number of amides is 1. The maximum absolute atomic E-state index is 12.1. The minimum absolute atomic E-state index is 0.0680. The van der Waals surface area contributed by atoms with Crippen LogP contribution in [0.3, 0.4) is 0 Å². The van der Waals surface area contributed by atoms with E-state index in [0.29, 0.717) is 5.69 Å². The number of carbonyl (C=O) groups is 1. The van der Waals surface area contributed by atoms with Gasteiger partial charge in [-0.15, -0.1) is 0 Å². The monoisotopic (exact) mass is 275 g/mol. The van der Waals surface area contributed by atoms with Gasteiger partial charge in [0.1, 0.15) is 6.04 Å². The summed E-state index contributed by atoms with van der Waals surface area (Å²) in [5.74, 6) is -0.0680. The van der Waals surface area contributed by atoms with Gasteiger partial charge >= 0.3 is 0 Å². The van der Waals surface area contributed by atoms with Crippen LogP contribution in [-0.4, -0.2) is 27.7 Å². The summed E-state index contributed by atoms with van der Waals surface area (Å²) in [6, 6.07) is 3.31. The quantitative estimate of drug-likeness (QED) is 0.643. The van der Waals surface area contributed by atoms with Gasteiger partial charge in [0.05, 0.1) is 23.1 Å². The van der Waals surface area contributed by atoms with Crippen LogP contribution in [0.2, 0.25) is 0 Å². The molecule has 5 N–H and O–H groups in total. The van der Waals surface area contributed by atoms with Crippen LogP contribution in [0.25, 0.3) is 10.9 Å². The Kier molecular flexibility index (Phi) is 3.57. The molecule has 0 saturated carbocycles. The molecule has 1 aromatic carbocycles. The highest BCUT2D eigenvalue weighted by Crippen LogP contribution is 2.25. The Bertz CT molecular complexity index is 626. The predicted octanol–water partition coefficient (Wildman–Crippen LogP) is 1.86. The molecule has 0 fully saturated rings. The Hall–Kier alpha value is -2.24. The molecule has 2 aromatic rings. The number of aromatic nitrogens is 2. The van der Waals surface area contributed by atoms with E-state index >= 15 is 0 Å². The smallest absolute Gasteiger partial charge is 0.242 e. The second-order valence-corrected chi connectivity index (χ2v) is 6.00. The number of aromatic amines is 1. The minimum atomic E-state index is -0.378. The first-order valence-electron chi connectivity index (χ1n) is 6.57. The number of benzene rings is 1. The number of carbonyl (C=O) groups excluding carboxylic acids is 1. The molecule has 0 bridgehead atoms. The van der Waals surface area contributed by atoms with Crippen LogP contribution in [0.4, 0.5) is 11.4 Å². The van der Waals surface area contributed by atoms with Crippen molar-refractivity contribution >= 4 is 28.2 Å². The highest BCUT2D eigenvalue weighted by molar-refractivity contribution is 5.91. The molecular weight excluding hydrogens is 254 g/mol. The van der Waals surface area contributed by atoms with Crippen LogP contribution >= 0.6 is 0 Å². The molecule has 0 spiro atoms. The molecule has 108 valence electrons. The Morgan fingerprint density at radius 3 is 2.75 bits per heavy atom. The molecule has 0 aliphatic heterocycles. The first-order valence-corrected chi connectivity index (χ1v) is 6.57. The number of nitrogens with one attached hydrogen (secondary N) is 3. The first kappa shape index (κ1) is 14.2. The van der Waals surface area contributed by atoms with Gasteiger partial charge in [-0.2, -0.15) is 5.10 Å². The fourth-order valence-electron chi connectivity index (χ4n) is 1.91. The van der Waals surface area contributed by atoms with E-state index in [1.807, 2.05) is 32.9 Å². The summed E-state index contributed by atoms with van der Waals surface area (Å²) in [5.41, 5.74) is 7.92. The van der Waals surface area contributed by atoms with Crippen molar-refractivity contribution in [2.45, 2.75) is 39.3 Å². The van der Waals surface area contributed by atoms with Crippen LogP contribution in [-0.2, 0) is 4.79 Å². The molecular formula is C14H21N5O. The molecule has 1 heterocycles. The van der Waals surface area contributed by atoms with Crippen LogP contribution in [0.15, 0.2) is 18.3 Å². The molecule has 0 radical (unpaired) electrons. The average molecular weight is 275 g/mol. The van der Waals surface area contributed by atoms with Gasteiger partial charge in [0.15, 0.2) is 0 Å². The van der Waals surface area contributed by atoms with Gasteiger partial charge in [0.2, 0.25) is 5.91 Å². The van der Waals surface area contributed by atoms with E-state index in [2.05, 4.69) is 20.8 Å². The van der Waals surface area contributed by atoms with Crippen molar-refractivity contribution in [3.63, 3.8) is 0 Å². The van der Waals surface area contributed by atoms with Crippen LogP contribution < -0.4 is 16.4 Å². The van der Waals surface area contributed by atoms with E-state index in [-0.39, 0.29) is 17.5 Å². The van der Waals surface area contributed by atoms with Gasteiger partial charge in [0, 0.05) is 10.9 Å². The Labute approximate surface area is 118 Å². The van der Waals surface area contributed by atoms with Crippen molar-refractivity contribution in [1.29, 1.82) is 0 Å². The summed E-state index contributed by atoms with van der Waals surface area (Å²) in [4.78, 5) is 12.1. The number of H-pyrrole nitrogens is 1. The number of nitrogen functional groups attached to an aromatic ring is 1. The van der Waals surface area contributed by atoms with E-state index < -0.39 is 0 Å². The standard InChI is InChI=1S/C14H21N5O/c1-8(13(20)18-14(2,3)4)17-12-6-11-9(5-10(12)15)7-16-19-11/h5-8,17H,15H2,1-4H3,(H,16,19)(H,18,20). The van der Waals surface area contributed by atoms with Crippen LogP contribution in [0.1, 0.15) is 27.7 Å². The number of fused-ring (bicyclic) bond motifs is 1. The SMILES string of the molecule is CC(Nc1cc2[nH]ncc2cc1N)C(=O)NC(C)(C)C. The number of nitrogens with two attached hydrogens (primary N) is 1. The average Bonchev–Trinajstić information content (AvgIpc) is 2.74. The fraction of sp³-hybridized carbons (Fsp3) is 0.429. The van der Waals surface area contributed by atoms with Gasteiger partial charge in [-0.25, -0.2) is 0 Å². The van der Waals surface area contributed by atoms with E-state index in [9.17, 15) is 4.79 Å². The van der Waals surface area contributed by atoms with Gasteiger partial charge in [-0.05, 0) is 39.8 Å². The number of anilines is 2. The lowest BCUT2D eigenvalue weighted by molar-refractivity contribution is -0.122. The van der Waals surface area contributed by atoms with Crippen molar-refractivity contribution < 1.29 is 4.79 Å². The zero-order valence-corrected chi connectivity index (χ0v) is 12.2. The molecule has 0 saturated heterocycles. The lowest BCUT2D eigenvalue weighted by Crippen LogP contribution is -2.47. The summed E-state index contributed by atoms with van der Waals surface area (Å²) >= 11 is 0. The van der Waals surface area contributed by atoms with Gasteiger partial charge in [-0.3, -0.25) is 9.89 Å². The molecule has 0 aliphatic rings. The third-order valence-corrected chi connectivity index (χ3v) is 2.87. The van der Waals surface area contributed by atoms with Gasteiger partial charge in [0.25, 0.3) is 0 Å². The number of nitrogens with zero attached hydrogens (tertiary/aromatic N) is 1. The van der Waals surface area contributed by atoms with Crippen molar-refractivity contribution in [3.05, 3.63) is 18.3 Å². The molecule has 1 aromatic heterocycles. The molecule has 1 amide bonds. The fourth-order valence-corrected chi connectivity index (χ4v) is 1.91. The van der Waals surface area contributed by atoms with Gasteiger partial charge < -0.3 is 16.4 Å². The molecule has 6 heteroatoms. The Morgan fingerprint density at radius 2 is 2.10 bits per heavy atom. The minimum Gasteiger partial charge on any atom is -0.397 e. The lowest BCUT2D eigenvalue weighted by atomic mass is 10.1. The third kappa shape index (κ3) is 3.20. The van der Waals surface area contributed by atoms with Crippen LogP contribution in [0, 0.1) is 0 Å². The molecule has 20 heavy (non-hydrogen) atoms. The van der Waals surface area contributed by atoms with Gasteiger partial charge in [-0.1, -0.05) is 0 Å². The van der Waals surface area contributed by atoms with Crippen molar-refractivity contribution in [1.82, 2.24) is 15.5 Å². The predicted molar refractivity (Wildman–Crippen MR) is 81.5 cm³/mol. The summed E-state index contributed by atoms with van der Waals surface area (Å²) in [6.07, 6.45) is 1.71. The second-order valence-electron chi connectivity index (χ2n) is 6.00. The largest absolute Gasteiger partial charge is 0.397 e. The molecule has 1 unspecified atom stereocenters. The Balaban J connectivity index is 2.14. The molecule has 0 aliphatic carbocycles. The van der Waals surface area contributed by atoms with E-state index in [0.717, 1.165) is 16.6 Å². The van der Waals surface area contributed by atoms with E-state index in [1.165, 1.54) is 0 Å². The second kappa shape index (κ2) is 5.03. The highest BCUT2D eigenvalue weighted by atomic mass is 16.2. The molecule has 6 nitrogen and oxygen atoms in total. The Morgan fingerprint density at radius 1 is 1.40 bits per heavy atom. The third-order valence-electron chi connectivity index (χ3n) is 2.87. The van der Waals surface area contributed by atoms with E-state index in [1.54, 1.807) is 13.1 Å². The van der Waals surface area contributed by atoms with Crippen molar-refractivity contribution in [2.24, 2.45) is 0 Å². The lowest BCUT2D eigenvalue weighted by Gasteiger charge is -2.24. The van der Waals surface area contributed by atoms with E-state index in [4.69, 9.17) is 5.73 Å². The first-order chi connectivity index (χ1) is 9.26. The van der Waals surface area contributed by atoms with Crippen LogP contribution in [0.5, 0.6) is 0 Å². The highest BCUT2D eigenvalue weighted by Gasteiger charge is 2.19. The maximum atomic E-state index is 12.1. The number of rotatable bonds is 3. The summed E-state index contributed by atoms with van der Waals surface area (Å²) in [6.45, 7) is 7.64. The number of hydrogen-bond donors (Lipinski definition) is 4. The molecule has 1 atom stereocenters. The van der Waals surface area contributed by atoms with Crippen molar-refractivity contribution in [3.8, 4) is 0 Å². The normalized spacial score (nSPS) is 13.2. The molecule has 2 rings (SSSR count). The maximum Gasteiger partial charge on any atom is 0.242 e. The summed E-state index contributed by atoms with van der Waals surface area (Å²) < 4.78 is 0. The zero-order valence-electron chi connectivity index (χ0n) is 12.2. The number of hydrogen-bond acceptors (Lipinski definition) is 4. The van der Waals surface area contributed by atoms with Crippen molar-refractivity contribution in [2.75, 3.05) is 11.1 Å².